The molecule has 0 atom stereocenters. The number of benzene rings is 1. The van der Waals surface area contributed by atoms with Crippen LogP contribution < -0.4 is 15.9 Å². The third-order valence-electron chi connectivity index (χ3n) is 1.91. The van der Waals surface area contributed by atoms with E-state index in [2.05, 4.69) is 22.7 Å². The van der Waals surface area contributed by atoms with Crippen molar-refractivity contribution in [3.63, 3.8) is 0 Å². The fourth-order valence-electron chi connectivity index (χ4n) is 1.25. The molecule has 0 unspecified atom stereocenters. The van der Waals surface area contributed by atoms with Gasteiger partial charge in [0, 0.05) is 5.56 Å². The van der Waals surface area contributed by atoms with Crippen LogP contribution in [0.1, 0.15) is 19.4 Å². The first-order chi connectivity index (χ1) is 7.65. The molecule has 0 amide bonds. The summed E-state index contributed by atoms with van der Waals surface area (Å²) in [4.78, 5) is 0. The Morgan fingerprint density at radius 3 is 2.81 bits per heavy atom. The molecule has 16 heavy (non-hydrogen) atoms. The number of thiocarbonyl (C=S) groups is 1. The van der Waals surface area contributed by atoms with Crippen LogP contribution in [0.15, 0.2) is 29.4 Å². The standard InChI is InChI=1S/C11H15N3OS/c1-3-15-10-7-5-4-6-9(10)8(2)13-14-11(12)16/h4-7H,3H2,1-2H3,(H3,12,14,16). The number of nitrogens with two attached hydrogens (primary N) is 1. The molecule has 1 rings (SSSR count). The molecule has 0 radical (unpaired) electrons. The SMILES string of the molecule is CCOc1ccccc1C(C)=NNC(N)=S. The minimum atomic E-state index is 0.147. The monoisotopic (exact) mass is 237 g/mol. The third-order valence-corrected chi connectivity index (χ3v) is 2.00. The van der Waals surface area contributed by atoms with Gasteiger partial charge in [0.25, 0.3) is 0 Å². The Balaban J connectivity index is 2.93. The second-order valence-electron chi connectivity index (χ2n) is 3.10. The number of rotatable bonds is 4. The Labute approximate surface area is 100 Å². The van der Waals surface area contributed by atoms with E-state index < -0.39 is 0 Å². The Kier molecular flexibility index (Phi) is 4.72. The van der Waals surface area contributed by atoms with E-state index in [-0.39, 0.29) is 5.11 Å². The van der Waals surface area contributed by atoms with E-state index in [1.807, 2.05) is 38.1 Å². The highest BCUT2D eigenvalue weighted by Crippen LogP contribution is 2.18. The first kappa shape index (κ1) is 12.4. The summed E-state index contributed by atoms with van der Waals surface area (Å²) >= 11 is 4.68. The van der Waals surface area contributed by atoms with Crippen molar-refractivity contribution >= 4 is 23.0 Å². The van der Waals surface area contributed by atoms with Gasteiger partial charge in [0.05, 0.1) is 12.3 Å². The summed E-state index contributed by atoms with van der Waals surface area (Å²) in [7, 11) is 0. The van der Waals surface area contributed by atoms with E-state index in [4.69, 9.17) is 10.5 Å². The van der Waals surface area contributed by atoms with Crippen LogP contribution in [0.3, 0.4) is 0 Å². The number of ether oxygens (including phenoxy) is 1. The lowest BCUT2D eigenvalue weighted by atomic mass is 10.1. The van der Waals surface area contributed by atoms with Gasteiger partial charge in [0.2, 0.25) is 0 Å². The number of nitrogens with zero attached hydrogens (tertiary/aromatic N) is 1. The van der Waals surface area contributed by atoms with Crippen molar-refractivity contribution in [1.29, 1.82) is 0 Å². The van der Waals surface area contributed by atoms with E-state index >= 15 is 0 Å². The second kappa shape index (κ2) is 6.07. The maximum absolute atomic E-state index is 5.49. The van der Waals surface area contributed by atoms with Crippen molar-refractivity contribution in [3.8, 4) is 5.75 Å². The minimum absolute atomic E-state index is 0.147. The molecule has 0 heterocycles. The van der Waals surface area contributed by atoms with Crippen LogP contribution in [0.2, 0.25) is 0 Å². The topological polar surface area (TPSA) is 59.6 Å². The van der Waals surface area contributed by atoms with E-state index in [9.17, 15) is 0 Å². The molecule has 3 N–H and O–H groups in total. The van der Waals surface area contributed by atoms with Crippen LogP contribution in [0.5, 0.6) is 5.75 Å². The van der Waals surface area contributed by atoms with Crippen LogP contribution in [0.4, 0.5) is 0 Å². The van der Waals surface area contributed by atoms with Crippen LogP contribution in [-0.4, -0.2) is 17.4 Å². The van der Waals surface area contributed by atoms with Crippen molar-refractivity contribution < 1.29 is 4.74 Å². The summed E-state index contributed by atoms with van der Waals surface area (Å²) in [6, 6.07) is 7.68. The van der Waals surface area contributed by atoms with E-state index in [1.165, 1.54) is 0 Å². The number of hydrogen-bond acceptors (Lipinski definition) is 3. The smallest absolute Gasteiger partial charge is 0.184 e. The summed E-state index contributed by atoms with van der Waals surface area (Å²) in [5.74, 6) is 0.802. The van der Waals surface area contributed by atoms with Gasteiger partial charge in [0.15, 0.2) is 5.11 Å². The summed E-state index contributed by atoms with van der Waals surface area (Å²) in [5.41, 5.74) is 9.55. The van der Waals surface area contributed by atoms with Gasteiger partial charge >= 0.3 is 0 Å². The molecule has 0 aliphatic heterocycles. The first-order valence-electron chi connectivity index (χ1n) is 4.97. The highest BCUT2D eigenvalue weighted by Gasteiger charge is 2.05. The van der Waals surface area contributed by atoms with E-state index in [0.717, 1.165) is 17.0 Å². The highest BCUT2D eigenvalue weighted by atomic mass is 32.1. The summed E-state index contributed by atoms with van der Waals surface area (Å²) in [6.45, 7) is 4.42. The maximum atomic E-state index is 5.49. The molecule has 0 aromatic heterocycles. The number of para-hydroxylation sites is 1. The number of hydrogen-bond donors (Lipinski definition) is 2. The lowest BCUT2D eigenvalue weighted by Crippen LogP contribution is -2.25. The molecule has 1 aromatic carbocycles. The molecule has 0 aliphatic carbocycles. The van der Waals surface area contributed by atoms with Gasteiger partial charge in [-0.2, -0.15) is 5.10 Å². The predicted molar refractivity (Wildman–Crippen MR) is 69.7 cm³/mol. The van der Waals surface area contributed by atoms with Crippen LogP contribution in [0, 0.1) is 0 Å². The largest absolute Gasteiger partial charge is 0.493 e. The van der Waals surface area contributed by atoms with Crippen molar-refractivity contribution in [1.82, 2.24) is 5.43 Å². The Morgan fingerprint density at radius 2 is 2.19 bits per heavy atom. The third kappa shape index (κ3) is 3.51. The molecule has 86 valence electrons. The van der Waals surface area contributed by atoms with E-state index in [0.29, 0.717) is 6.61 Å². The Morgan fingerprint density at radius 1 is 1.50 bits per heavy atom. The molecular weight excluding hydrogens is 222 g/mol. The van der Waals surface area contributed by atoms with Gasteiger partial charge in [-0.05, 0) is 38.2 Å². The molecule has 0 spiro atoms. The summed E-state index contributed by atoms with van der Waals surface area (Å²) in [5, 5.41) is 4.20. The second-order valence-corrected chi connectivity index (χ2v) is 3.54. The van der Waals surface area contributed by atoms with Crippen LogP contribution >= 0.6 is 12.2 Å². The van der Waals surface area contributed by atoms with Gasteiger partial charge in [-0.3, -0.25) is 5.43 Å². The molecule has 0 aliphatic rings. The minimum Gasteiger partial charge on any atom is -0.493 e. The first-order valence-corrected chi connectivity index (χ1v) is 5.38. The molecule has 0 saturated heterocycles. The summed E-state index contributed by atoms with van der Waals surface area (Å²) < 4.78 is 5.49. The highest BCUT2D eigenvalue weighted by molar-refractivity contribution is 7.80. The zero-order valence-corrected chi connectivity index (χ0v) is 10.2. The zero-order valence-electron chi connectivity index (χ0n) is 9.36. The fourth-order valence-corrected chi connectivity index (χ4v) is 1.29. The number of hydrazone groups is 1. The lowest BCUT2D eigenvalue weighted by molar-refractivity contribution is 0.339. The molecule has 0 fully saturated rings. The predicted octanol–water partition coefficient (Wildman–Crippen LogP) is 1.64. The van der Waals surface area contributed by atoms with Crippen LogP contribution in [-0.2, 0) is 0 Å². The molecule has 1 aromatic rings. The van der Waals surface area contributed by atoms with Gasteiger partial charge in [-0.1, -0.05) is 12.1 Å². The lowest BCUT2D eigenvalue weighted by Gasteiger charge is -2.09. The van der Waals surface area contributed by atoms with Gasteiger partial charge < -0.3 is 10.5 Å². The van der Waals surface area contributed by atoms with Crippen molar-refractivity contribution in [3.05, 3.63) is 29.8 Å². The Hall–Kier alpha value is -1.62. The molecule has 0 bridgehead atoms. The van der Waals surface area contributed by atoms with Gasteiger partial charge in [-0.15, -0.1) is 0 Å². The summed E-state index contributed by atoms with van der Waals surface area (Å²) in [6.07, 6.45) is 0. The normalized spacial score (nSPS) is 11.0. The fraction of sp³-hybridized carbons (Fsp3) is 0.273. The average molecular weight is 237 g/mol. The maximum Gasteiger partial charge on any atom is 0.184 e. The quantitative estimate of drug-likeness (QED) is 0.475. The zero-order chi connectivity index (χ0) is 12.0. The van der Waals surface area contributed by atoms with Crippen molar-refractivity contribution in [2.24, 2.45) is 10.8 Å². The molecular formula is C11H15N3OS. The van der Waals surface area contributed by atoms with Crippen molar-refractivity contribution in [2.45, 2.75) is 13.8 Å². The number of nitrogens with one attached hydrogen (secondary N) is 1. The average Bonchev–Trinajstić information content (AvgIpc) is 2.27. The van der Waals surface area contributed by atoms with E-state index in [1.54, 1.807) is 0 Å². The van der Waals surface area contributed by atoms with Gasteiger partial charge in [0.1, 0.15) is 5.75 Å². The Bertz CT molecular complexity index is 404. The molecule has 5 heteroatoms. The molecule has 0 saturated carbocycles. The van der Waals surface area contributed by atoms with Crippen molar-refractivity contribution in [2.75, 3.05) is 6.61 Å². The van der Waals surface area contributed by atoms with Crippen LogP contribution in [0.25, 0.3) is 0 Å². The van der Waals surface area contributed by atoms with Gasteiger partial charge in [-0.25, -0.2) is 0 Å². The molecule has 4 nitrogen and oxygen atoms in total.